The molecule has 4 aromatic rings. The maximum Gasteiger partial charge on any atom is 0.174 e. The van der Waals surface area contributed by atoms with Gasteiger partial charge in [0.05, 0.1) is 11.7 Å². The zero-order valence-corrected chi connectivity index (χ0v) is 19.7. The van der Waals surface area contributed by atoms with Gasteiger partial charge in [-0.25, -0.2) is 0 Å². The lowest BCUT2D eigenvalue weighted by Crippen LogP contribution is -2.30. The average Bonchev–Trinajstić information content (AvgIpc) is 3.35. The summed E-state index contributed by atoms with van der Waals surface area (Å²) in [7, 11) is 2.10. The minimum Gasteiger partial charge on any atom is -0.457 e. The normalized spacial score (nSPS) is 17.8. The molecule has 2 aromatic heterocycles. The van der Waals surface area contributed by atoms with Crippen molar-refractivity contribution in [3.63, 3.8) is 0 Å². The summed E-state index contributed by atoms with van der Waals surface area (Å²) in [6, 6.07) is 26.3. The number of anilines is 1. The van der Waals surface area contributed by atoms with Gasteiger partial charge in [-0.05, 0) is 86.7 Å². The number of nitrogens with zero attached hydrogens (tertiary/aromatic N) is 3. The van der Waals surface area contributed by atoms with Crippen molar-refractivity contribution in [1.82, 2.24) is 14.9 Å². The highest BCUT2D eigenvalue weighted by molar-refractivity contribution is 7.80. The van der Waals surface area contributed by atoms with Gasteiger partial charge in [-0.2, -0.15) is 0 Å². The van der Waals surface area contributed by atoms with Gasteiger partial charge in [-0.1, -0.05) is 23.8 Å². The SMILES string of the molecule is Cc1ccc(Oc2ccc(N3C(=S)NC(c4ccccn4)C3c3ccc(C)n3C)cc2)cc1. The van der Waals surface area contributed by atoms with Crippen LogP contribution in [-0.2, 0) is 7.05 Å². The first-order valence-corrected chi connectivity index (χ1v) is 11.4. The van der Waals surface area contributed by atoms with E-state index in [0.717, 1.165) is 22.9 Å². The fraction of sp³-hybridized carbons (Fsp3) is 0.185. The molecule has 5 nitrogen and oxygen atoms in total. The van der Waals surface area contributed by atoms with Crippen molar-refractivity contribution in [3.8, 4) is 11.5 Å². The Morgan fingerprint density at radius 1 is 0.879 bits per heavy atom. The molecule has 2 unspecified atom stereocenters. The Balaban J connectivity index is 1.49. The minimum atomic E-state index is -0.0600. The van der Waals surface area contributed by atoms with Gasteiger partial charge in [0.2, 0.25) is 0 Å². The molecule has 0 radical (unpaired) electrons. The number of ether oxygens (including phenoxy) is 1. The van der Waals surface area contributed by atoms with Gasteiger partial charge < -0.3 is 19.5 Å². The van der Waals surface area contributed by atoms with E-state index in [0.29, 0.717) is 5.11 Å². The molecule has 6 heteroatoms. The summed E-state index contributed by atoms with van der Waals surface area (Å²) >= 11 is 5.82. The monoisotopic (exact) mass is 454 g/mol. The van der Waals surface area contributed by atoms with Crippen molar-refractivity contribution in [2.45, 2.75) is 25.9 Å². The Bertz CT molecular complexity index is 1270. The van der Waals surface area contributed by atoms with Gasteiger partial charge in [0.25, 0.3) is 0 Å². The van der Waals surface area contributed by atoms with Crippen LogP contribution in [0.4, 0.5) is 5.69 Å². The first-order valence-electron chi connectivity index (χ1n) is 11.0. The van der Waals surface area contributed by atoms with Gasteiger partial charge >= 0.3 is 0 Å². The second-order valence-corrected chi connectivity index (χ2v) is 8.75. The molecule has 0 spiro atoms. The molecular weight excluding hydrogens is 428 g/mol. The van der Waals surface area contributed by atoms with E-state index in [9.17, 15) is 0 Å². The van der Waals surface area contributed by atoms with E-state index in [1.807, 2.05) is 60.8 Å². The zero-order valence-electron chi connectivity index (χ0n) is 18.9. The predicted molar refractivity (Wildman–Crippen MR) is 136 cm³/mol. The largest absolute Gasteiger partial charge is 0.457 e. The van der Waals surface area contributed by atoms with Gasteiger partial charge in [-0.3, -0.25) is 4.98 Å². The predicted octanol–water partition coefficient (Wildman–Crippen LogP) is 6.01. The summed E-state index contributed by atoms with van der Waals surface area (Å²) < 4.78 is 8.24. The third-order valence-electron chi connectivity index (χ3n) is 6.18. The molecule has 1 aliphatic heterocycles. The highest BCUT2D eigenvalue weighted by atomic mass is 32.1. The average molecular weight is 455 g/mol. The third kappa shape index (κ3) is 4.10. The highest BCUT2D eigenvalue weighted by Gasteiger charge is 2.41. The lowest BCUT2D eigenvalue weighted by molar-refractivity contribution is 0.482. The van der Waals surface area contributed by atoms with E-state index in [4.69, 9.17) is 17.0 Å². The first-order chi connectivity index (χ1) is 16.0. The second kappa shape index (κ2) is 8.71. The summed E-state index contributed by atoms with van der Waals surface area (Å²) in [5.74, 6) is 1.60. The summed E-state index contributed by atoms with van der Waals surface area (Å²) in [5.41, 5.74) is 5.55. The number of nitrogens with one attached hydrogen (secondary N) is 1. The number of aromatic nitrogens is 2. The number of thiocarbonyl (C=S) groups is 1. The van der Waals surface area contributed by atoms with Crippen molar-refractivity contribution < 1.29 is 4.74 Å². The van der Waals surface area contributed by atoms with E-state index in [1.54, 1.807) is 0 Å². The molecule has 2 aromatic carbocycles. The molecule has 1 aliphatic rings. The van der Waals surface area contributed by atoms with Gasteiger partial charge in [-0.15, -0.1) is 0 Å². The second-order valence-electron chi connectivity index (χ2n) is 8.36. The zero-order chi connectivity index (χ0) is 22.9. The van der Waals surface area contributed by atoms with Crippen LogP contribution in [0.2, 0.25) is 0 Å². The molecule has 2 atom stereocenters. The fourth-order valence-electron chi connectivity index (χ4n) is 4.28. The molecule has 0 amide bonds. The number of hydrogen-bond donors (Lipinski definition) is 1. The molecular formula is C27H26N4OS. The molecule has 0 bridgehead atoms. The van der Waals surface area contributed by atoms with Crippen molar-refractivity contribution >= 4 is 23.0 Å². The van der Waals surface area contributed by atoms with Gasteiger partial charge in [0.15, 0.2) is 5.11 Å². The number of hydrogen-bond acceptors (Lipinski definition) is 3. The Labute approximate surface area is 199 Å². The Hall–Kier alpha value is -3.64. The molecule has 33 heavy (non-hydrogen) atoms. The van der Waals surface area contributed by atoms with E-state index >= 15 is 0 Å². The van der Waals surface area contributed by atoms with Crippen LogP contribution in [0, 0.1) is 13.8 Å². The number of aryl methyl sites for hydroxylation is 2. The maximum atomic E-state index is 6.02. The van der Waals surface area contributed by atoms with E-state index in [2.05, 4.69) is 64.9 Å². The van der Waals surface area contributed by atoms with Crippen LogP contribution in [0.5, 0.6) is 11.5 Å². The Morgan fingerprint density at radius 2 is 1.58 bits per heavy atom. The molecule has 5 rings (SSSR count). The lowest BCUT2D eigenvalue weighted by atomic mass is 10.0. The summed E-state index contributed by atoms with van der Waals surface area (Å²) in [6.45, 7) is 4.18. The van der Waals surface area contributed by atoms with Crippen LogP contribution in [0.25, 0.3) is 0 Å². The molecule has 1 saturated heterocycles. The Morgan fingerprint density at radius 3 is 2.18 bits per heavy atom. The van der Waals surface area contributed by atoms with E-state index in [1.165, 1.54) is 17.0 Å². The van der Waals surface area contributed by atoms with Crippen molar-refractivity contribution in [3.05, 3.63) is 108 Å². The molecule has 3 heterocycles. The number of rotatable bonds is 5. The van der Waals surface area contributed by atoms with Crippen LogP contribution in [0.1, 0.15) is 34.7 Å². The number of pyridine rings is 1. The summed E-state index contributed by atoms with van der Waals surface area (Å²) in [4.78, 5) is 6.80. The third-order valence-corrected chi connectivity index (χ3v) is 6.50. The molecule has 166 valence electrons. The molecule has 1 N–H and O–H groups in total. The van der Waals surface area contributed by atoms with Crippen molar-refractivity contribution in [2.24, 2.45) is 7.05 Å². The lowest BCUT2D eigenvalue weighted by Gasteiger charge is -2.28. The first kappa shape index (κ1) is 21.2. The fourth-order valence-corrected chi connectivity index (χ4v) is 4.63. The smallest absolute Gasteiger partial charge is 0.174 e. The summed E-state index contributed by atoms with van der Waals surface area (Å²) in [6.07, 6.45) is 1.83. The van der Waals surface area contributed by atoms with Crippen LogP contribution in [0.15, 0.2) is 85.1 Å². The van der Waals surface area contributed by atoms with Crippen LogP contribution >= 0.6 is 12.2 Å². The standard InChI is InChI=1S/C27H26N4OS/c1-18-7-12-21(13-8-18)32-22-14-10-20(11-15-22)31-26(24-16-9-19(2)30(24)3)25(29-27(31)33)23-6-4-5-17-28-23/h4-17,25-26H,1-3H3,(H,29,33). The highest BCUT2D eigenvalue weighted by Crippen LogP contribution is 2.42. The molecule has 0 aliphatic carbocycles. The van der Waals surface area contributed by atoms with Gasteiger partial charge in [0, 0.05) is 30.3 Å². The molecule has 1 fully saturated rings. The van der Waals surface area contributed by atoms with Crippen LogP contribution < -0.4 is 15.0 Å². The number of benzene rings is 2. The minimum absolute atomic E-state index is 0.0324. The van der Waals surface area contributed by atoms with Crippen LogP contribution in [0.3, 0.4) is 0 Å². The maximum absolute atomic E-state index is 6.02. The quantitative estimate of drug-likeness (QED) is 0.374. The van der Waals surface area contributed by atoms with Crippen molar-refractivity contribution in [1.29, 1.82) is 0 Å². The summed E-state index contributed by atoms with van der Waals surface area (Å²) in [5, 5.41) is 4.20. The molecule has 0 saturated carbocycles. The van der Waals surface area contributed by atoms with E-state index in [-0.39, 0.29) is 12.1 Å². The van der Waals surface area contributed by atoms with E-state index < -0.39 is 0 Å². The van der Waals surface area contributed by atoms with Crippen LogP contribution in [-0.4, -0.2) is 14.7 Å². The topological polar surface area (TPSA) is 42.3 Å². The van der Waals surface area contributed by atoms with Gasteiger partial charge in [0.1, 0.15) is 17.5 Å². The Kier molecular flexibility index (Phi) is 5.60. The van der Waals surface area contributed by atoms with Crippen molar-refractivity contribution in [2.75, 3.05) is 4.90 Å².